The van der Waals surface area contributed by atoms with Gasteiger partial charge in [-0.05, 0) is 49.4 Å². The molecule has 4 N–H and O–H groups in total. The van der Waals surface area contributed by atoms with Gasteiger partial charge in [0.15, 0.2) is 0 Å². The quantitative estimate of drug-likeness (QED) is 0.522. The highest BCUT2D eigenvalue weighted by atomic mass is 79.9. The number of rotatable bonds is 5. The zero-order valence-electron chi connectivity index (χ0n) is 14.2. The lowest BCUT2D eigenvalue weighted by atomic mass is 10.1. The van der Waals surface area contributed by atoms with E-state index >= 15 is 0 Å². The van der Waals surface area contributed by atoms with E-state index in [-0.39, 0.29) is 5.02 Å². The molecule has 2 atom stereocenters. The van der Waals surface area contributed by atoms with Crippen LogP contribution in [0.1, 0.15) is 22.8 Å². The molecule has 0 radical (unpaired) electrons. The van der Waals surface area contributed by atoms with Gasteiger partial charge in [0.1, 0.15) is 12.1 Å². The van der Waals surface area contributed by atoms with E-state index in [1.807, 2.05) is 6.07 Å². The first-order valence-electron chi connectivity index (χ1n) is 7.82. The Labute approximate surface area is 169 Å². The van der Waals surface area contributed by atoms with Crippen molar-refractivity contribution in [3.63, 3.8) is 0 Å². The van der Waals surface area contributed by atoms with Crippen molar-refractivity contribution in [1.29, 1.82) is 5.26 Å². The first-order chi connectivity index (χ1) is 12.8. The van der Waals surface area contributed by atoms with Crippen LogP contribution in [0, 0.1) is 11.3 Å². The van der Waals surface area contributed by atoms with Gasteiger partial charge < -0.3 is 10.4 Å². The van der Waals surface area contributed by atoms with Crippen LogP contribution >= 0.6 is 27.5 Å². The largest absolute Gasteiger partial charge is 0.391 e. The lowest BCUT2D eigenvalue weighted by molar-refractivity contribution is -0.124. The number of hydrogen-bond donors (Lipinski definition) is 4. The molecule has 7 nitrogen and oxygen atoms in total. The van der Waals surface area contributed by atoms with Crippen molar-refractivity contribution in [3.8, 4) is 6.07 Å². The van der Waals surface area contributed by atoms with Crippen LogP contribution in [-0.4, -0.2) is 29.1 Å². The number of nitriles is 1. The number of hydrogen-bond acceptors (Lipinski definition) is 5. The maximum atomic E-state index is 12.3. The minimum Gasteiger partial charge on any atom is -0.391 e. The van der Waals surface area contributed by atoms with Crippen molar-refractivity contribution < 1.29 is 14.7 Å². The van der Waals surface area contributed by atoms with Crippen LogP contribution < -0.4 is 16.2 Å². The molecule has 0 aromatic heterocycles. The molecule has 0 spiro atoms. The van der Waals surface area contributed by atoms with Gasteiger partial charge in [0, 0.05) is 15.7 Å². The number of anilines is 1. The summed E-state index contributed by atoms with van der Waals surface area (Å²) in [5, 5.41) is 21.8. The van der Waals surface area contributed by atoms with Gasteiger partial charge >= 0.3 is 0 Å². The number of nitrogens with one attached hydrogen (secondary N) is 3. The fourth-order valence-corrected chi connectivity index (χ4v) is 2.64. The number of halogens is 2. The summed E-state index contributed by atoms with van der Waals surface area (Å²) in [6.07, 6.45) is -1.07. The standard InChI is InChI=1S/C18H16BrClN4O3/c1-10(25)16(22-14-7-4-12(9-21)15(20)8-14)18(27)24-23-17(26)11-2-5-13(19)6-3-11/h2-8,10,16,22,25H,1H3,(H,23,26)(H,24,27)/t10-,16+/m0/s1. The second-order valence-electron chi connectivity index (χ2n) is 5.62. The molecule has 2 aromatic rings. The summed E-state index contributed by atoms with van der Waals surface area (Å²) < 4.78 is 0.822. The summed E-state index contributed by atoms with van der Waals surface area (Å²) in [6, 6.07) is 12.0. The smallest absolute Gasteiger partial charge is 0.269 e. The highest BCUT2D eigenvalue weighted by Crippen LogP contribution is 2.21. The minimum atomic E-state index is -1.07. The normalized spacial score (nSPS) is 12.4. The van der Waals surface area contributed by atoms with Crippen molar-refractivity contribution in [2.24, 2.45) is 0 Å². The van der Waals surface area contributed by atoms with Crippen molar-refractivity contribution in [2.75, 3.05) is 5.32 Å². The molecule has 0 aliphatic carbocycles. The van der Waals surface area contributed by atoms with Crippen molar-refractivity contribution in [1.82, 2.24) is 10.9 Å². The van der Waals surface area contributed by atoms with Gasteiger partial charge in [-0.1, -0.05) is 27.5 Å². The third-order valence-electron chi connectivity index (χ3n) is 3.58. The van der Waals surface area contributed by atoms with Crippen LogP contribution in [-0.2, 0) is 4.79 Å². The Morgan fingerprint density at radius 1 is 1.19 bits per heavy atom. The summed E-state index contributed by atoms with van der Waals surface area (Å²) in [7, 11) is 0. The van der Waals surface area contributed by atoms with E-state index in [1.54, 1.807) is 30.3 Å². The number of hydrazine groups is 1. The molecule has 0 unspecified atom stereocenters. The number of nitrogens with zero attached hydrogens (tertiary/aromatic N) is 1. The van der Waals surface area contributed by atoms with Gasteiger partial charge in [-0.2, -0.15) is 5.26 Å². The molecule has 0 fully saturated rings. The predicted octanol–water partition coefficient (Wildman–Crippen LogP) is 2.60. The number of aliphatic hydroxyl groups excluding tert-OH is 1. The Balaban J connectivity index is 2.02. The fourth-order valence-electron chi connectivity index (χ4n) is 2.15. The topological polar surface area (TPSA) is 114 Å². The zero-order chi connectivity index (χ0) is 20.0. The third-order valence-corrected chi connectivity index (χ3v) is 4.42. The average molecular weight is 452 g/mol. The monoisotopic (exact) mass is 450 g/mol. The lowest BCUT2D eigenvalue weighted by Crippen LogP contribution is -2.52. The number of amides is 2. The molecule has 0 saturated carbocycles. The Hall–Kier alpha value is -2.60. The van der Waals surface area contributed by atoms with Crippen LogP contribution in [0.5, 0.6) is 0 Å². The highest BCUT2D eigenvalue weighted by Gasteiger charge is 2.24. The first kappa shape index (κ1) is 20.7. The van der Waals surface area contributed by atoms with Crippen LogP contribution in [0.15, 0.2) is 46.9 Å². The Kier molecular flexibility index (Phi) is 7.19. The van der Waals surface area contributed by atoms with E-state index in [1.165, 1.54) is 19.1 Å². The van der Waals surface area contributed by atoms with Crippen molar-refractivity contribution >= 4 is 45.0 Å². The van der Waals surface area contributed by atoms with Crippen molar-refractivity contribution in [3.05, 3.63) is 63.1 Å². The fraction of sp³-hybridized carbons (Fsp3) is 0.167. The molecule has 0 heterocycles. The van der Waals surface area contributed by atoms with Gasteiger partial charge in [-0.25, -0.2) is 0 Å². The lowest BCUT2D eigenvalue weighted by Gasteiger charge is -2.22. The molecule has 9 heteroatoms. The van der Waals surface area contributed by atoms with E-state index in [4.69, 9.17) is 16.9 Å². The maximum absolute atomic E-state index is 12.3. The van der Waals surface area contributed by atoms with Gasteiger partial charge in [-0.15, -0.1) is 0 Å². The van der Waals surface area contributed by atoms with E-state index in [0.717, 1.165) is 4.47 Å². The summed E-state index contributed by atoms with van der Waals surface area (Å²) in [4.78, 5) is 24.4. The second-order valence-corrected chi connectivity index (χ2v) is 6.94. The minimum absolute atomic E-state index is 0.218. The number of benzene rings is 2. The molecule has 0 aliphatic heterocycles. The van der Waals surface area contributed by atoms with Gasteiger partial charge in [0.05, 0.1) is 16.7 Å². The molecule has 0 bridgehead atoms. The molecule has 140 valence electrons. The van der Waals surface area contributed by atoms with Gasteiger partial charge in [0.25, 0.3) is 11.8 Å². The van der Waals surface area contributed by atoms with Crippen molar-refractivity contribution in [2.45, 2.75) is 19.1 Å². The Morgan fingerprint density at radius 2 is 1.85 bits per heavy atom. The molecule has 2 amide bonds. The summed E-state index contributed by atoms with van der Waals surface area (Å²) in [6.45, 7) is 1.43. The molecule has 2 rings (SSSR count). The molecular weight excluding hydrogens is 436 g/mol. The SMILES string of the molecule is C[C@H](O)[C@@H](Nc1ccc(C#N)c(Cl)c1)C(=O)NNC(=O)c1ccc(Br)cc1. The number of carbonyl (C=O) groups is 2. The van der Waals surface area contributed by atoms with Crippen LogP contribution in [0.25, 0.3) is 0 Å². The second kappa shape index (κ2) is 9.37. The van der Waals surface area contributed by atoms with E-state index in [9.17, 15) is 14.7 Å². The Morgan fingerprint density at radius 3 is 2.41 bits per heavy atom. The third kappa shape index (κ3) is 5.69. The predicted molar refractivity (Wildman–Crippen MR) is 105 cm³/mol. The van der Waals surface area contributed by atoms with Crippen LogP contribution in [0.2, 0.25) is 5.02 Å². The number of carbonyl (C=O) groups excluding carboxylic acids is 2. The molecule has 27 heavy (non-hydrogen) atoms. The van der Waals surface area contributed by atoms with E-state index in [2.05, 4.69) is 32.1 Å². The Bertz CT molecular complexity index is 881. The van der Waals surface area contributed by atoms with Crippen LogP contribution in [0.3, 0.4) is 0 Å². The highest BCUT2D eigenvalue weighted by molar-refractivity contribution is 9.10. The summed E-state index contributed by atoms with van der Waals surface area (Å²) in [5.74, 6) is -1.14. The zero-order valence-corrected chi connectivity index (χ0v) is 16.5. The van der Waals surface area contributed by atoms with E-state index in [0.29, 0.717) is 16.8 Å². The average Bonchev–Trinajstić information content (AvgIpc) is 2.64. The maximum Gasteiger partial charge on any atom is 0.269 e. The molecule has 0 aliphatic rings. The summed E-state index contributed by atoms with van der Waals surface area (Å²) in [5.41, 5.74) is 5.67. The summed E-state index contributed by atoms with van der Waals surface area (Å²) >= 11 is 9.24. The van der Waals surface area contributed by atoms with Crippen LogP contribution in [0.4, 0.5) is 5.69 Å². The van der Waals surface area contributed by atoms with Gasteiger partial charge in [0.2, 0.25) is 0 Å². The molecule has 0 saturated heterocycles. The number of aliphatic hydroxyl groups is 1. The first-order valence-corrected chi connectivity index (χ1v) is 8.99. The van der Waals surface area contributed by atoms with Gasteiger partial charge in [-0.3, -0.25) is 20.4 Å². The molecule has 2 aromatic carbocycles. The molecular formula is C18H16BrClN4O3. The van der Waals surface area contributed by atoms with E-state index < -0.39 is 24.0 Å².